The second-order valence-electron chi connectivity index (χ2n) is 5.21. The topological polar surface area (TPSA) is 81.4 Å². The van der Waals surface area contributed by atoms with Crippen LogP contribution in [-0.4, -0.2) is 25.0 Å². The molecular weight excluding hydrogens is 256 g/mol. The van der Waals surface area contributed by atoms with E-state index >= 15 is 0 Å². The normalized spacial score (nSPS) is 12.1. The number of rotatable bonds is 6. The third-order valence-electron chi connectivity index (χ3n) is 3.02. The summed E-state index contributed by atoms with van der Waals surface area (Å²) in [5.74, 6) is -0.112. The molecule has 0 heterocycles. The van der Waals surface area contributed by atoms with Gasteiger partial charge in [0.2, 0.25) is 5.91 Å². The predicted molar refractivity (Wildman–Crippen MR) is 77.6 cm³/mol. The van der Waals surface area contributed by atoms with Crippen molar-refractivity contribution in [3.63, 3.8) is 0 Å². The van der Waals surface area contributed by atoms with Crippen LogP contribution in [0, 0.1) is 12.8 Å². The number of carbonyl (C=O) groups is 2. The van der Waals surface area contributed by atoms with Crippen LogP contribution < -0.4 is 15.8 Å². The molecule has 0 aliphatic carbocycles. The number of ether oxygens (including phenoxy) is 1. The van der Waals surface area contributed by atoms with Gasteiger partial charge in [-0.3, -0.25) is 9.59 Å². The molecule has 0 spiro atoms. The predicted octanol–water partition coefficient (Wildman–Crippen LogP) is 1.63. The summed E-state index contributed by atoms with van der Waals surface area (Å²) in [7, 11) is 1.51. The molecule has 3 N–H and O–H groups in total. The third-order valence-corrected chi connectivity index (χ3v) is 3.02. The molecule has 2 amide bonds. The van der Waals surface area contributed by atoms with Gasteiger partial charge in [-0.15, -0.1) is 0 Å². The van der Waals surface area contributed by atoms with Crippen molar-refractivity contribution in [1.29, 1.82) is 0 Å². The first kappa shape index (κ1) is 16.0. The van der Waals surface area contributed by atoms with E-state index in [1.165, 1.54) is 7.11 Å². The van der Waals surface area contributed by atoms with Gasteiger partial charge < -0.3 is 15.8 Å². The van der Waals surface area contributed by atoms with Gasteiger partial charge in [-0.05, 0) is 30.9 Å². The van der Waals surface area contributed by atoms with Gasteiger partial charge in [-0.2, -0.15) is 0 Å². The minimum Gasteiger partial charge on any atom is -0.496 e. The molecule has 0 fully saturated rings. The Morgan fingerprint density at radius 3 is 2.50 bits per heavy atom. The fraction of sp³-hybridized carbons (Fsp3) is 0.467. The fourth-order valence-electron chi connectivity index (χ4n) is 2.06. The number of hydrogen-bond acceptors (Lipinski definition) is 3. The van der Waals surface area contributed by atoms with E-state index in [4.69, 9.17) is 10.5 Å². The van der Waals surface area contributed by atoms with Gasteiger partial charge in [-0.25, -0.2) is 0 Å². The number of nitrogens with two attached hydrogens (primary N) is 1. The molecule has 0 saturated carbocycles. The molecule has 5 nitrogen and oxygen atoms in total. The minimum absolute atomic E-state index is 0.257. The first-order valence-electron chi connectivity index (χ1n) is 6.60. The second kappa shape index (κ2) is 6.93. The number of methoxy groups -OCH3 is 1. The van der Waals surface area contributed by atoms with Gasteiger partial charge in [-0.1, -0.05) is 26.0 Å². The molecule has 0 radical (unpaired) electrons. The molecule has 5 heteroatoms. The monoisotopic (exact) mass is 278 g/mol. The number of aryl methyl sites for hydroxylation is 1. The van der Waals surface area contributed by atoms with E-state index in [2.05, 4.69) is 5.32 Å². The van der Waals surface area contributed by atoms with Crippen LogP contribution in [0.2, 0.25) is 0 Å². The molecule has 1 rings (SSSR count). The number of carbonyl (C=O) groups excluding carboxylic acids is 2. The van der Waals surface area contributed by atoms with E-state index < -0.39 is 11.9 Å². The van der Waals surface area contributed by atoms with Crippen molar-refractivity contribution in [1.82, 2.24) is 5.32 Å². The zero-order valence-electron chi connectivity index (χ0n) is 12.4. The fourth-order valence-corrected chi connectivity index (χ4v) is 2.06. The lowest BCUT2D eigenvalue weighted by atomic mass is 10.0. The van der Waals surface area contributed by atoms with Crippen molar-refractivity contribution in [2.24, 2.45) is 11.7 Å². The average molecular weight is 278 g/mol. The molecule has 1 aromatic carbocycles. The second-order valence-corrected chi connectivity index (χ2v) is 5.21. The van der Waals surface area contributed by atoms with Gasteiger partial charge >= 0.3 is 0 Å². The van der Waals surface area contributed by atoms with E-state index in [9.17, 15) is 9.59 Å². The molecular formula is C15H22N2O3. The van der Waals surface area contributed by atoms with E-state index in [0.29, 0.717) is 17.7 Å². The maximum atomic E-state index is 12.3. The highest BCUT2D eigenvalue weighted by atomic mass is 16.5. The van der Waals surface area contributed by atoms with Crippen molar-refractivity contribution >= 4 is 11.8 Å². The number of hydrogen-bond donors (Lipinski definition) is 2. The van der Waals surface area contributed by atoms with Crippen LogP contribution in [0.15, 0.2) is 18.2 Å². The Hall–Kier alpha value is -2.04. The highest BCUT2D eigenvalue weighted by molar-refractivity contribution is 5.99. The van der Waals surface area contributed by atoms with Crippen molar-refractivity contribution in [3.05, 3.63) is 29.3 Å². The van der Waals surface area contributed by atoms with Crippen molar-refractivity contribution in [3.8, 4) is 5.75 Å². The summed E-state index contributed by atoms with van der Waals surface area (Å²) in [5, 5.41) is 2.67. The quantitative estimate of drug-likeness (QED) is 0.830. The van der Waals surface area contributed by atoms with Gasteiger partial charge in [0, 0.05) is 0 Å². The highest BCUT2D eigenvalue weighted by Gasteiger charge is 2.22. The molecule has 110 valence electrons. The molecule has 0 aromatic heterocycles. The number of primary amides is 1. The summed E-state index contributed by atoms with van der Waals surface area (Å²) < 4.78 is 5.24. The standard InChI is InChI=1S/C15H22N2O3/c1-9(2)8-12(14(16)18)17-15(19)11-7-5-6-10(3)13(11)20-4/h5-7,9,12H,8H2,1-4H3,(H2,16,18)(H,17,19)/t12-/m0/s1. The summed E-state index contributed by atoms with van der Waals surface area (Å²) in [6.45, 7) is 5.79. The molecule has 0 aliphatic heterocycles. The summed E-state index contributed by atoms with van der Waals surface area (Å²) in [4.78, 5) is 23.7. The van der Waals surface area contributed by atoms with Crippen LogP contribution in [0.25, 0.3) is 0 Å². The first-order valence-corrected chi connectivity index (χ1v) is 6.60. The van der Waals surface area contributed by atoms with E-state index in [1.54, 1.807) is 12.1 Å². The van der Waals surface area contributed by atoms with E-state index in [-0.39, 0.29) is 11.8 Å². The number of para-hydroxylation sites is 1. The third kappa shape index (κ3) is 3.98. The van der Waals surface area contributed by atoms with Gasteiger partial charge in [0.1, 0.15) is 11.8 Å². The molecule has 0 aliphatic rings. The van der Waals surface area contributed by atoms with E-state index in [1.807, 2.05) is 26.8 Å². The number of benzene rings is 1. The summed E-state index contributed by atoms with van der Waals surface area (Å²) in [5.41, 5.74) is 6.59. The Balaban J connectivity index is 2.95. The molecule has 20 heavy (non-hydrogen) atoms. The Morgan fingerprint density at radius 2 is 2.00 bits per heavy atom. The van der Waals surface area contributed by atoms with Gasteiger partial charge in [0.15, 0.2) is 0 Å². The summed E-state index contributed by atoms with van der Waals surface area (Å²) in [6, 6.07) is 4.62. The summed E-state index contributed by atoms with van der Waals surface area (Å²) in [6.07, 6.45) is 0.509. The van der Waals surface area contributed by atoms with Gasteiger partial charge in [0.25, 0.3) is 5.91 Å². The van der Waals surface area contributed by atoms with Crippen LogP contribution >= 0.6 is 0 Å². The zero-order valence-corrected chi connectivity index (χ0v) is 12.4. The first-order chi connectivity index (χ1) is 9.36. The Morgan fingerprint density at radius 1 is 1.35 bits per heavy atom. The SMILES string of the molecule is COc1c(C)cccc1C(=O)N[C@@H](CC(C)C)C(N)=O. The summed E-state index contributed by atoms with van der Waals surface area (Å²) >= 11 is 0. The van der Waals surface area contributed by atoms with Crippen molar-refractivity contribution in [2.75, 3.05) is 7.11 Å². The molecule has 0 bridgehead atoms. The Kier molecular flexibility index (Phi) is 5.55. The molecule has 1 aromatic rings. The molecule has 0 unspecified atom stereocenters. The lowest BCUT2D eigenvalue weighted by Gasteiger charge is -2.18. The highest BCUT2D eigenvalue weighted by Crippen LogP contribution is 2.23. The van der Waals surface area contributed by atoms with Crippen LogP contribution in [0.5, 0.6) is 5.75 Å². The Bertz CT molecular complexity index is 498. The van der Waals surface area contributed by atoms with Crippen LogP contribution in [0.1, 0.15) is 36.2 Å². The Labute approximate surface area is 119 Å². The maximum absolute atomic E-state index is 12.3. The maximum Gasteiger partial charge on any atom is 0.255 e. The number of nitrogens with one attached hydrogen (secondary N) is 1. The minimum atomic E-state index is -0.673. The zero-order chi connectivity index (χ0) is 15.3. The molecule has 0 saturated heterocycles. The van der Waals surface area contributed by atoms with Crippen LogP contribution in [-0.2, 0) is 4.79 Å². The van der Waals surface area contributed by atoms with E-state index in [0.717, 1.165) is 5.56 Å². The smallest absolute Gasteiger partial charge is 0.255 e. The average Bonchev–Trinajstić information content (AvgIpc) is 2.36. The van der Waals surface area contributed by atoms with Crippen molar-refractivity contribution < 1.29 is 14.3 Å². The van der Waals surface area contributed by atoms with Crippen LogP contribution in [0.4, 0.5) is 0 Å². The number of amides is 2. The van der Waals surface area contributed by atoms with Crippen LogP contribution in [0.3, 0.4) is 0 Å². The lowest BCUT2D eigenvalue weighted by Crippen LogP contribution is -2.45. The largest absolute Gasteiger partial charge is 0.496 e. The van der Waals surface area contributed by atoms with Gasteiger partial charge in [0.05, 0.1) is 12.7 Å². The molecule has 1 atom stereocenters. The lowest BCUT2D eigenvalue weighted by molar-refractivity contribution is -0.120. The van der Waals surface area contributed by atoms with Crippen molar-refractivity contribution in [2.45, 2.75) is 33.2 Å².